The van der Waals surface area contributed by atoms with E-state index in [1.165, 1.54) is 44.6 Å². The van der Waals surface area contributed by atoms with E-state index in [-0.39, 0.29) is 12.8 Å². The summed E-state index contributed by atoms with van der Waals surface area (Å²) in [5, 5.41) is 38.8. The van der Waals surface area contributed by atoms with Crippen LogP contribution in [0.2, 0.25) is 0 Å². The van der Waals surface area contributed by atoms with Crippen LogP contribution in [0.3, 0.4) is 0 Å². The van der Waals surface area contributed by atoms with Crippen LogP contribution in [0.15, 0.2) is 12.2 Å². The predicted molar refractivity (Wildman–Crippen MR) is 100 cm³/mol. The van der Waals surface area contributed by atoms with Crippen molar-refractivity contribution in [2.45, 2.75) is 103 Å². The lowest BCUT2D eigenvalue weighted by Crippen LogP contribution is -2.37. The second kappa shape index (κ2) is 13.3. The van der Waals surface area contributed by atoms with E-state index in [1.54, 1.807) is 13.8 Å². The highest BCUT2D eigenvalue weighted by molar-refractivity contribution is 5.73. The standard InChI is InChI=1S/C20H38O5/c1-4-5-6-7-8-9-10-11-12-13-16(21)18(23)17(22)14-15-20(2,3)19(24)25/h12-13,16-18,21-23H,4-11,14-15H2,1-3H3,(H,24,25)/b13-12-. The smallest absolute Gasteiger partial charge is 0.309 e. The van der Waals surface area contributed by atoms with Crippen molar-refractivity contribution in [3.05, 3.63) is 12.2 Å². The molecule has 0 aliphatic heterocycles. The summed E-state index contributed by atoms with van der Waals surface area (Å²) in [4.78, 5) is 11.0. The SMILES string of the molecule is CCCCCCCCC/C=C\C(O)C(O)C(O)CCC(C)(C)C(=O)O. The molecule has 0 aliphatic carbocycles. The van der Waals surface area contributed by atoms with E-state index in [4.69, 9.17) is 5.11 Å². The number of hydrogen-bond donors (Lipinski definition) is 4. The molecule has 25 heavy (non-hydrogen) atoms. The Morgan fingerprint density at radius 1 is 1.00 bits per heavy atom. The van der Waals surface area contributed by atoms with Gasteiger partial charge in [0, 0.05) is 0 Å². The number of unbranched alkanes of at least 4 members (excludes halogenated alkanes) is 7. The van der Waals surface area contributed by atoms with Gasteiger partial charge in [0.25, 0.3) is 0 Å². The molecular weight excluding hydrogens is 320 g/mol. The molecule has 0 aromatic rings. The van der Waals surface area contributed by atoms with Gasteiger partial charge in [0.15, 0.2) is 0 Å². The molecule has 0 radical (unpaired) electrons. The zero-order chi connectivity index (χ0) is 19.3. The molecular formula is C20H38O5. The fourth-order valence-electron chi connectivity index (χ4n) is 2.58. The molecule has 0 saturated carbocycles. The van der Waals surface area contributed by atoms with E-state index < -0.39 is 29.7 Å². The Bertz CT molecular complexity index is 378. The van der Waals surface area contributed by atoms with E-state index >= 15 is 0 Å². The second-order valence-corrected chi connectivity index (χ2v) is 7.61. The van der Waals surface area contributed by atoms with Crippen molar-refractivity contribution in [2.24, 2.45) is 5.41 Å². The molecule has 5 heteroatoms. The third kappa shape index (κ3) is 11.3. The number of aliphatic hydroxyl groups is 3. The Kier molecular flexibility index (Phi) is 12.8. The first-order valence-electron chi connectivity index (χ1n) is 9.66. The van der Waals surface area contributed by atoms with Crippen molar-refractivity contribution in [1.29, 1.82) is 0 Å². The van der Waals surface area contributed by atoms with Gasteiger partial charge in [-0.3, -0.25) is 4.79 Å². The number of rotatable bonds is 15. The van der Waals surface area contributed by atoms with Crippen LogP contribution in [0.25, 0.3) is 0 Å². The number of aliphatic carboxylic acids is 1. The third-order valence-corrected chi connectivity index (χ3v) is 4.70. The van der Waals surface area contributed by atoms with Crippen LogP contribution >= 0.6 is 0 Å². The molecule has 0 fully saturated rings. The molecule has 148 valence electrons. The number of carboxylic acids is 1. The number of carbonyl (C=O) groups is 1. The van der Waals surface area contributed by atoms with E-state index in [0.717, 1.165) is 12.8 Å². The van der Waals surface area contributed by atoms with E-state index in [0.29, 0.717) is 0 Å². The summed E-state index contributed by atoms with van der Waals surface area (Å²) in [5.74, 6) is -0.940. The van der Waals surface area contributed by atoms with Gasteiger partial charge in [-0.2, -0.15) is 0 Å². The monoisotopic (exact) mass is 358 g/mol. The van der Waals surface area contributed by atoms with Gasteiger partial charge < -0.3 is 20.4 Å². The molecule has 0 amide bonds. The minimum absolute atomic E-state index is 0.128. The molecule has 0 aromatic carbocycles. The average Bonchev–Trinajstić information content (AvgIpc) is 2.57. The first kappa shape index (κ1) is 24.1. The first-order chi connectivity index (χ1) is 11.7. The molecule has 0 aliphatic rings. The maximum atomic E-state index is 11.0. The largest absolute Gasteiger partial charge is 0.481 e. The van der Waals surface area contributed by atoms with Gasteiger partial charge in [-0.15, -0.1) is 0 Å². The van der Waals surface area contributed by atoms with Crippen LogP contribution in [-0.4, -0.2) is 44.7 Å². The molecule has 0 saturated heterocycles. The van der Waals surface area contributed by atoms with Crippen LogP contribution in [0.1, 0.15) is 85.0 Å². The second-order valence-electron chi connectivity index (χ2n) is 7.61. The number of hydrogen-bond acceptors (Lipinski definition) is 4. The lowest BCUT2D eigenvalue weighted by Gasteiger charge is -2.25. The summed E-state index contributed by atoms with van der Waals surface area (Å²) in [6.07, 6.45) is 9.58. The summed E-state index contributed by atoms with van der Waals surface area (Å²) in [6, 6.07) is 0. The Morgan fingerprint density at radius 3 is 2.12 bits per heavy atom. The van der Waals surface area contributed by atoms with Crippen molar-refractivity contribution in [3.8, 4) is 0 Å². The van der Waals surface area contributed by atoms with Crippen molar-refractivity contribution >= 4 is 5.97 Å². The number of allylic oxidation sites excluding steroid dienone is 1. The summed E-state index contributed by atoms with van der Waals surface area (Å²) in [5.41, 5.74) is -0.960. The molecule has 0 bridgehead atoms. The van der Waals surface area contributed by atoms with Gasteiger partial charge in [-0.1, -0.05) is 57.6 Å². The lowest BCUT2D eigenvalue weighted by molar-refractivity contribution is -0.147. The topological polar surface area (TPSA) is 98.0 Å². The molecule has 0 aromatic heterocycles. The Balaban J connectivity index is 3.95. The van der Waals surface area contributed by atoms with Crippen LogP contribution in [0, 0.1) is 5.41 Å². The maximum Gasteiger partial charge on any atom is 0.309 e. The average molecular weight is 359 g/mol. The van der Waals surface area contributed by atoms with Crippen molar-refractivity contribution in [1.82, 2.24) is 0 Å². The molecule has 4 N–H and O–H groups in total. The molecule has 3 atom stereocenters. The number of aliphatic hydroxyl groups excluding tert-OH is 3. The highest BCUT2D eigenvalue weighted by Crippen LogP contribution is 2.24. The van der Waals surface area contributed by atoms with Crippen LogP contribution in [0.4, 0.5) is 0 Å². The van der Waals surface area contributed by atoms with Gasteiger partial charge in [-0.25, -0.2) is 0 Å². The zero-order valence-corrected chi connectivity index (χ0v) is 16.2. The Hall–Kier alpha value is -0.910. The summed E-state index contributed by atoms with van der Waals surface area (Å²) in [7, 11) is 0. The van der Waals surface area contributed by atoms with Gasteiger partial charge >= 0.3 is 5.97 Å². The lowest BCUT2D eigenvalue weighted by atomic mass is 9.85. The molecule has 3 unspecified atom stereocenters. The minimum Gasteiger partial charge on any atom is -0.481 e. The van der Waals surface area contributed by atoms with E-state index in [2.05, 4.69) is 6.92 Å². The van der Waals surface area contributed by atoms with Crippen molar-refractivity contribution in [3.63, 3.8) is 0 Å². The van der Waals surface area contributed by atoms with Crippen molar-refractivity contribution in [2.75, 3.05) is 0 Å². The highest BCUT2D eigenvalue weighted by Gasteiger charge is 2.30. The van der Waals surface area contributed by atoms with Gasteiger partial charge in [-0.05, 0) is 39.5 Å². The van der Waals surface area contributed by atoms with Crippen LogP contribution in [-0.2, 0) is 4.79 Å². The molecule has 0 rings (SSSR count). The fourth-order valence-corrected chi connectivity index (χ4v) is 2.58. The van der Waals surface area contributed by atoms with E-state index in [1.807, 2.05) is 6.08 Å². The molecule has 0 heterocycles. The van der Waals surface area contributed by atoms with Gasteiger partial charge in [0.1, 0.15) is 12.2 Å². The predicted octanol–water partition coefficient (Wildman–Crippen LogP) is 3.66. The molecule has 5 nitrogen and oxygen atoms in total. The first-order valence-corrected chi connectivity index (χ1v) is 9.66. The van der Waals surface area contributed by atoms with Crippen LogP contribution < -0.4 is 0 Å². The summed E-state index contributed by atoms with van der Waals surface area (Å²) in [6.45, 7) is 5.36. The maximum absolute atomic E-state index is 11.0. The fraction of sp³-hybridized carbons (Fsp3) is 0.850. The zero-order valence-electron chi connectivity index (χ0n) is 16.2. The normalized spacial score (nSPS) is 16.1. The minimum atomic E-state index is -1.30. The van der Waals surface area contributed by atoms with Crippen molar-refractivity contribution < 1.29 is 25.2 Å². The van der Waals surface area contributed by atoms with E-state index in [9.17, 15) is 20.1 Å². The summed E-state index contributed by atoms with van der Waals surface area (Å²) >= 11 is 0. The number of carboxylic acid groups (broad SMARTS) is 1. The van der Waals surface area contributed by atoms with Crippen LogP contribution in [0.5, 0.6) is 0 Å². The Labute approximate surface area is 152 Å². The Morgan fingerprint density at radius 2 is 1.56 bits per heavy atom. The molecule has 0 spiro atoms. The highest BCUT2D eigenvalue weighted by atomic mass is 16.4. The van der Waals surface area contributed by atoms with Gasteiger partial charge in [0.2, 0.25) is 0 Å². The summed E-state index contributed by atoms with van der Waals surface area (Å²) < 4.78 is 0. The quantitative estimate of drug-likeness (QED) is 0.264. The third-order valence-electron chi connectivity index (χ3n) is 4.70. The van der Waals surface area contributed by atoms with Gasteiger partial charge in [0.05, 0.1) is 11.5 Å².